The van der Waals surface area contributed by atoms with Gasteiger partial charge in [-0.1, -0.05) is 6.92 Å². The molecule has 4 nitrogen and oxygen atoms in total. The van der Waals surface area contributed by atoms with E-state index in [2.05, 4.69) is 15.0 Å². The number of aromatic amines is 2. The maximum Gasteiger partial charge on any atom is 0.254 e. The molecule has 0 bridgehead atoms. The average molecular weight is 203 g/mol. The van der Waals surface area contributed by atoms with E-state index in [1.54, 1.807) is 6.92 Å². The Morgan fingerprint density at radius 2 is 2.27 bits per heavy atom. The van der Waals surface area contributed by atoms with Crippen LogP contribution in [0.5, 0.6) is 0 Å². The van der Waals surface area contributed by atoms with Gasteiger partial charge in [0.25, 0.3) is 5.56 Å². The first-order valence-electron chi connectivity index (χ1n) is 4.96. The van der Waals surface area contributed by atoms with Crippen LogP contribution in [0.15, 0.2) is 23.1 Å². The highest BCUT2D eigenvalue weighted by Gasteiger charge is 2.08. The van der Waals surface area contributed by atoms with Gasteiger partial charge in [-0.05, 0) is 19.1 Å². The van der Waals surface area contributed by atoms with Crippen molar-refractivity contribution in [3.63, 3.8) is 0 Å². The Morgan fingerprint density at radius 3 is 2.87 bits per heavy atom. The van der Waals surface area contributed by atoms with Crippen LogP contribution in [0.3, 0.4) is 0 Å². The minimum Gasteiger partial charge on any atom is -0.360 e. The fourth-order valence-electron chi connectivity index (χ4n) is 1.49. The summed E-state index contributed by atoms with van der Waals surface area (Å²) in [6, 6.07) is 3.80. The van der Waals surface area contributed by atoms with Crippen LogP contribution >= 0.6 is 0 Å². The van der Waals surface area contributed by atoms with Crippen molar-refractivity contribution in [3.05, 3.63) is 40.1 Å². The van der Waals surface area contributed by atoms with Crippen molar-refractivity contribution in [2.24, 2.45) is 0 Å². The van der Waals surface area contributed by atoms with Crippen LogP contribution in [0.1, 0.15) is 18.3 Å². The molecule has 0 unspecified atom stereocenters. The van der Waals surface area contributed by atoms with Crippen LogP contribution in [-0.4, -0.2) is 15.0 Å². The molecule has 2 rings (SSSR count). The fraction of sp³-hybridized carbons (Fsp3) is 0.273. The molecule has 0 saturated carbocycles. The summed E-state index contributed by atoms with van der Waals surface area (Å²) in [7, 11) is 0. The maximum atomic E-state index is 11.6. The molecular weight excluding hydrogens is 190 g/mol. The fourth-order valence-corrected chi connectivity index (χ4v) is 1.49. The number of rotatable bonds is 2. The van der Waals surface area contributed by atoms with Crippen LogP contribution in [0, 0.1) is 6.92 Å². The van der Waals surface area contributed by atoms with Crippen LogP contribution in [0.4, 0.5) is 0 Å². The van der Waals surface area contributed by atoms with Crippen molar-refractivity contribution in [1.29, 1.82) is 0 Å². The normalized spacial score (nSPS) is 10.5. The molecule has 2 N–H and O–H groups in total. The number of hydrogen-bond donors (Lipinski definition) is 2. The number of hydrogen-bond acceptors (Lipinski definition) is 2. The Kier molecular flexibility index (Phi) is 2.41. The summed E-state index contributed by atoms with van der Waals surface area (Å²) in [6.07, 6.45) is 2.55. The third-order valence-electron chi connectivity index (χ3n) is 2.39. The zero-order chi connectivity index (χ0) is 10.8. The highest BCUT2D eigenvalue weighted by atomic mass is 16.1. The minimum absolute atomic E-state index is 0.0635. The lowest BCUT2D eigenvalue weighted by atomic mass is 10.2. The Bertz CT molecular complexity index is 511. The van der Waals surface area contributed by atoms with Crippen molar-refractivity contribution in [2.45, 2.75) is 20.3 Å². The lowest BCUT2D eigenvalue weighted by Gasteiger charge is -2.04. The topological polar surface area (TPSA) is 61.5 Å². The van der Waals surface area contributed by atoms with E-state index in [-0.39, 0.29) is 5.56 Å². The molecule has 0 fully saturated rings. The lowest BCUT2D eigenvalue weighted by molar-refractivity contribution is 0.910. The van der Waals surface area contributed by atoms with Crippen LogP contribution in [0.25, 0.3) is 11.4 Å². The standard InChI is InChI=1S/C11H13N3O/c1-3-9-13-10(7(2)11(15)14-9)8-5-4-6-12-8/h4-6,12H,3H2,1-2H3,(H,13,14,15). The van der Waals surface area contributed by atoms with Gasteiger partial charge in [0.2, 0.25) is 0 Å². The van der Waals surface area contributed by atoms with E-state index in [0.717, 1.165) is 23.6 Å². The second-order valence-corrected chi connectivity index (χ2v) is 3.42. The summed E-state index contributed by atoms with van der Waals surface area (Å²) in [5.41, 5.74) is 2.20. The number of aryl methyl sites for hydroxylation is 1. The van der Waals surface area contributed by atoms with Gasteiger partial charge in [0.15, 0.2) is 0 Å². The molecule has 2 aromatic rings. The summed E-state index contributed by atoms with van der Waals surface area (Å²) in [5, 5.41) is 0. The predicted molar refractivity (Wildman–Crippen MR) is 58.8 cm³/mol. The number of nitrogens with zero attached hydrogens (tertiary/aromatic N) is 1. The summed E-state index contributed by atoms with van der Waals surface area (Å²) in [6.45, 7) is 3.74. The van der Waals surface area contributed by atoms with Crippen molar-refractivity contribution >= 4 is 0 Å². The maximum absolute atomic E-state index is 11.6. The van der Waals surface area contributed by atoms with E-state index < -0.39 is 0 Å². The SMILES string of the molecule is CCc1nc(-c2ccc[nH]2)c(C)c(=O)[nH]1. The number of aromatic nitrogens is 3. The Morgan fingerprint density at radius 1 is 1.47 bits per heavy atom. The van der Waals surface area contributed by atoms with E-state index in [1.165, 1.54) is 0 Å². The summed E-state index contributed by atoms with van der Waals surface area (Å²) >= 11 is 0. The highest BCUT2D eigenvalue weighted by Crippen LogP contribution is 2.15. The first-order chi connectivity index (χ1) is 7.22. The van der Waals surface area contributed by atoms with Gasteiger partial charge < -0.3 is 9.97 Å². The van der Waals surface area contributed by atoms with Crippen molar-refractivity contribution < 1.29 is 0 Å². The second kappa shape index (κ2) is 3.73. The van der Waals surface area contributed by atoms with Gasteiger partial charge >= 0.3 is 0 Å². The molecule has 0 saturated heterocycles. The van der Waals surface area contributed by atoms with Gasteiger partial charge in [0.1, 0.15) is 5.82 Å². The van der Waals surface area contributed by atoms with Crippen molar-refractivity contribution in [2.75, 3.05) is 0 Å². The molecule has 78 valence electrons. The smallest absolute Gasteiger partial charge is 0.254 e. The van der Waals surface area contributed by atoms with Gasteiger partial charge in [-0.15, -0.1) is 0 Å². The monoisotopic (exact) mass is 203 g/mol. The highest BCUT2D eigenvalue weighted by molar-refractivity contribution is 5.57. The van der Waals surface area contributed by atoms with Crippen LogP contribution < -0.4 is 5.56 Å². The zero-order valence-corrected chi connectivity index (χ0v) is 8.79. The van der Waals surface area contributed by atoms with Gasteiger partial charge in [-0.3, -0.25) is 4.79 Å². The third kappa shape index (κ3) is 1.70. The van der Waals surface area contributed by atoms with Gasteiger partial charge in [-0.25, -0.2) is 4.98 Å². The van der Waals surface area contributed by atoms with Crippen molar-refractivity contribution in [3.8, 4) is 11.4 Å². The lowest BCUT2D eigenvalue weighted by Crippen LogP contribution is -2.15. The Labute approximate surface area is 87.4 Å². The summed E-state index contributed by atoms with van der Waals surface area (Å²) in [5.74, 6) is 0.718. The molecule has 0 aliphatic heterocycles. The van der Waals surface area contributed by atoms with Crippen LogP contribution in [0.2, 0.25) is 0 Å². The molecule has 0 aromatic carbocycles. The van der Waals surface area contributed by atoms with Crippen LogP contribution in [-0.2, 0) is 6.42 Å². The zero-order valence-electron chi connectivity index (χ0n) is 8.79. The number of nitrogens with one attached hydrogen (secondary N) is 2. The minimum atomic E-state index is -0.0635. The molecule has 0 amide bonds. The summed E-state index contributed by atoms with van der Waals surface area (Å²) < 4.78 is 0. The Balaban J connectivity index is 2.65. The van der Waals surface area contributed by atoms with Gasteiger partial charge in [0.05, 0.1) is 11.4 Å². The second-order valence-electron chi connectivity index (χ2n) is 3.42. The molecule has 0 atom stereocenters. The van der Waals surface area contributed by atoms with E-state index in [4.69, 9.17) is 0 Å². The van der Waals surface area contributed by atoms with Gasteiger partial charge in [0, 0.05) is 18.2 Å². The average Bonchev–Trinajstić information content (AvgIpc) is 2.75. The molecule has 15 heavy (non-hydrogen) atoms. The largest absolute Gasteiger partial charge is 0.360 e. The van der Waals surface area contributed by atoms with E-state index in [9.17, 15) is 4.79 Å². The third-order valence-corrected chi connectivity index (χ3v) is 2.39. The molecule has 0 radical (unpaired) electrons. The van der Waals surface area contributed by atoms with E-state index >= 15 is 0 Å². The molecule has 0 spiro atoms. The Hall–Kier alpha value is -1.84. The molecule has 4 heteroatoms. The molecule has 2 heterocycles. The van der Waals surface area contributed by atoms with Gasteiger partial charge in [-0.2, -0.15) is 0 Å². The molecule has 2 aromatic heterocycles. The first-order valence-corrected chi connectivity index (χ1v) is 4.96. The van der Waals surface area contributed by atoms with E-state index in [0.29, 0.717) is 5.56 Å². The molecule has 0 aliphatic rings. The number of H-pyrrole nitrogens is 2. The quantitative estimate of drug-likeness (QED) is 0.779. The first kappa shape index (κ1) is 9.71. The predicted octanol–water partition coefficient (Wildman–Crippen LogP) is 1.64. The van der Waals surface area contributed by atoms with E-state index in [1.807, 2.05) is 25.3 Å². The molecular formula is C11H13N3O. The van der Waals surface area contributed by atoms with Crippen molar-refractivity contribution in [1.82, 2.24) is 15.0 Å². The summed E-state index contributed by atoms with van der Waals surface area (Å²) in [4.78, 5) is 21.8. The molecule has 0 aliphatic carbocycles.